The standard InChI is InChI=1S/C20H28BrN3O4/c1-18(2,3)27-16(25)23-20(15-14(21)8-7-9-22-15)12-10-24(11-13(12)20)17(26)28-19(4,5)6/h7-9,12-13H,10-11H2,1-6H3,(H,23,25)/t12-,13?,20-/m0/s1. The fourth-order valence-electron chi connectivity index (χ4n) is 3.86. The number of carbonyl (C=O) groups excluding carboxylic acids is 2. The van der Waals surface area contributed by atoms with Crippen molar-refractivity contribution in [1.82, 2.24) is 15.2 Å². The molecule has 2 amide bonds. The molecule has 3 rings (SSSR count). The summed E-state index contributed by atoms with van der Waals surface area (Å²) in [7, 11) is 0. The van der Waals surface area contributed by atoms with Gasteiger partial charge in [-0.25, -0.2) is 9.59 Å². The second kappa shape index (κ2) is 6.90. The lowest BCUT2D eigenvalue weighted by atomic mass is 10.1. The van der Waals surface area contributed by atoms with Gasteiger partial charge in [-0.1, -0.05) is 0 Å². The Balaban J connectivity index is 1.80. The highest BCUT2D eigenvalue weighted by atomic mass is 79.9. The summed E-state index contributed by atoms with van der Waals surface area (Å²) in [4.78, 5) is 31.2. The van der Waals surface area contributed by atoms with Gasteiger partial charge in [-0.2, -0.15) is 0 Å². The second-order valence-corrected chi connectivity index (χ2v) is 10.3. The number of nitrogens with zero attached hydrogens (tertiary/aromatic N) is 2. The number of piperidine rings is 1. The van der Waals surface area contributed by atoms with Gasteiger partial charge in [0.05, 0.1) is 11.2 Å². The first-order valence-electron chi connectivity index (χ1n) is 9.43. The number of hydrogen-bond acceptors (Lipinski definition) is 5. The van der Waals surface area contributed by atoms with Gasteiger partial charge in [-0.3, -0.25) is 4.98 Å². The Morgan fingerprint density at radius 2 is 1.71 bits per heavy atom. The lowest BCUT2D eigenvalue weighted by Crippen LogP contribution is -2.47. The van der Waals surface area contributed by atoms with Crippen LogP contribution in [0.4, 0.5) is 9.59 Å². The molecule has 8 heteroatoms. The number of halogens is 1. The van der Waals surface area contributed by atoms with Crippen molar-refractivity contribution in [3.8, 4) is 0 Å². The maximum atomic E-state index is 12.6. The zero-order valence-electron chi connectivity index (χ0n) is 17.2. The molecule has 1 aromatic rings. The van der Waals surface area contributed by atoms with Gasteiger partial charge in [0.15, 0.2) is 0 Å². The topological polar surface area (TPSA) is 80.8 Å². The molecular weight excluding hydrogens is 426 g/mol. The van der Waals surface area contributed by atoms with Crippen LogP contribution in [-0.4, -0.2) is 46.4 Å². The molecule has 0 spiro atoms. The number of pyridine rings is 1. The smallest absolute Gasteiger partial charge is 0.410 e. The average Bonchev–Trinajstić information content (AvgIpc) is 2.89. The molecule has 2 aliphatic rings. The van der Waals surface area contributed by atoms with E-state index in [0.717, 1.165) is 10.2 Å². The van der Waals surface area contributed by atoms with Crippen molar-refractivity contribution < 1.29 is 19.1 Å². The summed E-state index contributed by atoms with van der Waals surface area (Å²) in [6.07, 6.45) is 0.896. The number of nitrogens with one attached hydrogen (secondary N) is 1. The predicted molar refractivity (Wildman–Crippen MR) is 108 cm³/mol. The normalized spacial score (nSPS) is 26.5. The Kier molecular flexibility index (Phi) is 5.15. The zero-order valence-corrected chi connectivity index (χ0v) is 18.8. The van der Waals surface area contributed by atoms with Gasteiger partial charge < -0.3 is 19.7 Å². The fourth-order valence-corrected chi connectivity index (χ4v) is 4.45. The molecule has 1 saturated heterocycles. The lowest BCUT2D eigenvalue weighted by Gasteiger charge is -2.30. The highest BCUT2D eigenvalue weighted by Crippen LogP contribution is 2.62. The Hall–Kier alpha value is -1.83. The molecule has 1 aliphatic carbocycles. The molecule has 1 aromatic heterocycles. The molecular formula is C20H28BrN3O4. The molecule has 3 atom stereocenters. The quantitative estimate of drug-likeness (QED) is 0.729. The van der Waals surface area contributed by atoms with Crippen LogP contribution in [0.1, 0.15) is 47.2 Å². The number of ether oxygens (including phenoxy) is 2. The molecule has 0 aromatic carbocycles. The molecule has 1 saturated carbocycles. The maximum absolute atomic E-state index is 12.6. The van der Waals surface area contributed by atoms with Crippen LogP contribution in [0.3, 0.4) is 0 Å². The van der Waals surface area contributed by atoms with Gasteiger partial charge in [-0.15, -0.1) is 0 Å². The van der Waals surface area contributed by atoms with Crippen molar-refractivity contribution in [2.75, 3.05) is 13.1 Å². The first-order chi connectivity index (χ1) is 12.8. The Morgan fingerprint density at radius 1 is 1.14 bits per heavy atom. The summed E-state index contributed by atoms with van der Waals surface area (Å²) >= 11 is 3.56. The summed E-state index contributed by atoms with van der Waals surface area (Å²) in [5, 5.41) is 3.06. The van der Waals surface area contributed by atoms with Crippen molar-refractivity contribution in [1.29, 1.82) is 0 Å². The van der Waals surface area contributed by atoms with Gasteiger partial charge in [-0.05, 0) is 69.6 Å². The Morgan fingerprint density at radius 3 is 2.21 bits per heavy atom. The zero-order chi connectivity index (χ0) is 20.9. The van der Waals surface area contributed by atoms with Crippen molar-refractivity contribution in [2.24, 2.45) is 11.8 Å². The molecule has 28 heavy (non-hydrogen) atoms. The maximum Gasteiger partial charge on any atom is 0.410 e. The third-order valence-corrected chi connectivity index (χ3v) is 5.53. The first kappa shape index (κ1) is 20.9. The molecule has 1 unspecified atom stereocenters. The first-order valence-corrected chi connectivity index (χ1v) is 10.2. The van der Waals surface area contributed by atoms with E-state index < -0.39 is 22.8 Å². The molecule has 2 fully saturated rings. The van der Waals surface area contributed by atoms with E-state index in [-0.39, 0.29) is 17.9 Å². The molecule has 1 aliphatic heterocycles. The fraction of sp³-hybridized carbons (Fsp3) is 0.650. The number of likely N-dealkylation sites (tertiary alicyclic amines) is 1. The summed E-state index contributed by atoms with van der Waals surface area (Å²) < 4.78 is 11.8. The minimum Gasteiger partial charge on any atom is -0.444 e. The molecule has 2 heterocycles. The SMILES string of the molecule is CC(C)(C)OC(=O)N[C@]1(c2ncccc2Br)C2CN(C(=O)OC(C)(C)C)C[C@@H]21. The molecule has 7 nitrogen and oxygen atoms in total. The van der Waals surface area contributed by atoms with Gasteiger partial charge in [0.25, 0.3) is 0 Å². The van der Waals surface area contributed by atoms with E-state index in [0.29, 0.717) is 13.1 Å². The third kappa shape index (κ3) is 4.11. The van der Waals surface area contributed by atoms with Gasteiger partial charge >= 0.3 is 12.2 Å². The predicted octanol–water partition coefficient (Wildman–Crippen LogP) is 4.06. The summed E-state index contributed by atoms with van der Waals surface area (Å²) in [6.45, 7) is 12.0. The third-order valence-electron chi connectivity index (χ3n) is 4.89. The van der Waals surface area contributed by atoms with E-state index in [2.05, 4.69) is 26.2 Å². The van der Waals surface area contributed by atoms with Crippen molar-refractivity contribution in [3.05, 3.63) is 28.5 Å². The van der Waals surface area contributed by atoms with Crippen LogP contribution in [0, 0.1) is 11.8 Å². The van der Waals surface area contributed by atoms with Crippen LogP contribution < -0.4 is 5.32 Å². The van der Waals surface area contributed by atoms with Crippen molar-refractivity contribution in [3.63, 3.8) is 0 Å². The van der Waals surface area contributed by atoms with Crippen LogP contribution in [-0.2, 0) is 15.0 Å². The highest BCUT2D eigenvalue weighted by Gasteiger charge is 2.72. The Labute approximate surface area is 174 Å². The summed E-state index contributed by atoms with van der Waals surface area (Å²) in [5.41, 5.74) is -1.03. The molecule has 1 N–H and O–H groups in total. The lowest BCUT2D eigenvalue weighted by molar-refractivity contribution is 0.0249. The molecule has 154 valence electrons. The van der Waals surface area contributed by atoms with E-state index in [4.69, 9.17) is 9.47 Å². The van der Waals surface area contributed by atoms with Gasteiger partial charge in [0, 0.05) is 35.6 Å². The van der Waals surface area contributed by atoms with E-state index in [1.54, 1.807) is 11.1 Å². The van der Waals surface area contributed by atoms with Gasteiger partial charge in [0.2, 0.25) is 0 Å². The summed E-state index contributed by atoms with van der Waals surface area (Å²) in [6, 6.07) is 3.74. The number of rotatable bonds is 2. The Bertz CT molecular complexity index is 772. The van der Waals surface area contributed by atoms with Crippen LogP contribution >= 0.6 is 15.9 Å². The van der Waals surface area contributed by atoms with E-state index in [9.17, 15) is 9.59 Å². The average molecular weight is 454 g/mol. The van der Waals surface area contributed by atoms with Crippen LogP contribution in [0.15, 0.2) is 22.8 Å². The summed E-state index contributed by atoms with van der Waals surface area (Å²) in [5.74, 6) is 0.109. The van der Waals surface area contributed by atoms with Gasteiger partial charge in [0.1, 0.15) is 11.2 Å². The van der Waals surface area contributed by atoms with Crippen LogP contribution in [0.5, 0.6) is 0 Å². The van der Waals surface area contributed by atoms with E-state index in [1.807, 2.05) is 53.7 Å². The number of alkyl carbamates (subject to hydrolysis) is 1. The minimum absolute atomic E-state index is 0.0544. The van der Waals surface area contributed by atoms with E-state index in [1.165, 1.54) is 0 Å². The number of hydrogen-bond donors (Lipinski definition) is 1. The van der Waals surface area contributed by atoms with Crippen LogP contribution in [0.2, 0.25) is 0 Å². The highest BCUT2D eigenvalue weighted by molar-refractivity contribution is 9.10. The monoisotopic (exact) mass is 453 g/mol. The molecule has 0 bridgehead atoms. The van der Waals surface area contributed by atoms with Crippen molar-refractivity contribution >= 4 is 28.1 Å². The van der Waals surface area contributed by atoms with Crippen molar-refractivity contribution in [2.45, 2.75) is 58.3 Å². The van der Waals surface area contributed by atoms with Crippen LogP contribution in [0.25, 0.3) is 0 Å². The number of aromatic nitrogens is 1. The number of amides is 2. The largest absolute Gasteiger partial charge is 0.444 e. The number of fused-ring (bicyclic) bond motifs is 1. The number of carbonyl (C=O) groups is 2. The van der Waals surface area contributed by atoms with E-state index >= 15 is 0 Å². The minimum atomic E-state index is -0.652. The molecule has 0 radical (unpaired) electrons. The second-order valence-electron chi connectivity index (χ2n) is 9.43.